The number of hydrogen-bond acceptors (Lipinski definition) is 9. The first-order valence-corrected chi connectivity index (χ1v) is 23.9. The van der Waals surface area contributed by atoms with Crippen molar-refractivity contribution in [2.75, 3.05) is 7.11 Å². The van der Waals surface area contributed by atoms with Gasteiger partial charge in [-0.3, -0.25) is 14.2 Å². The van der Waals surface area contributed by atoms with Gasteiger partial charge in [-0.15, -0.1) is 11.3 Å². The smallest absolute Gasteiger partial charge is 0.333 e. The maximum Gasteiger partial charge on any atom is 0.333 e. The summed E-state index contributed by atoms with van der Waals surface area (Å²) in [5.41, 5.74) is -1.62. The van der Waals surface area contributed by atoms with E-state index in [1.165, 1.54) is 17.6 Å². The molecule has 10 nitrogen and oxygen atoms in total. The summed E-state index contributed by atoms with van der Waals surface area (Å²) in [4.78, 5) is 51.4. The van der Waals surface area contributed by atoms with Crippen molar-refractivity contribution < 1.29 is 23.1 Å². The second-order valence-corrected chi connectivity index (χ2v) is 24.4. The van der Waals surface area contributed by atoms with Gasteiger partial charge in [-0.05, 0) is 83.8 Å². The molecular weight excluding hydrogens is 803 g/mol. The van der Waals surface area contributed by atoms with Crippen LogP contribution in [0.5, 0.6) is 5.75 Å². The number of aromatic nitrogens is 3. The van der Waals surface area contributed by atoms with Crippen LogP contribution in [0.1, 0.15) is 91.9 Å². The molecule has 1 unspecified atom stereocenters. The fourth-order valence-electron chi connectivity index (χ4n) is 10.4. The molecule has 2 aliphatic rings. The maximum atomic E-state index is 15.5. The van der Waals surface area contributed by atoms with Crippen molar-refractivity contribution in [3.63, 3.8) is 0 Å². The zero-order valence-corrected chi connectivity index (χ0v) is 38.7. The molecule has 320 valence electrons. The summed E-state index contributed by atoms with van der Waals surface area (Å²) >= 11 is 1.27. The molecular formula is C49H57N3O7SSi. The summed E-state index contributed by atoms with van der Waals surface area (Å²) in [6.07, 6.45) is 5.42. The Labute approximate surface area is 362 Å². The van der Waals surface area contributed by atoms with Gasteiger partial charge in [-0.1, -0.05) is 120 Å². The number of benzene rings is 3. The minimum Gasteiger partial charge on any atom is -0.508 e. The number of carbonyl (C=O) groups excluding carboxylic acids is 1. The first kappa shape index (κ1) is 42.6. The molecule has 0 radical (unpaired) electrons. The summed E-state index contributed by atoms with van der Waals surface area (Å²) in [7, 11) is -1.82. The summed E-state index contributed by atoms with van der Waals surface area (Å²) in [5, 5.41) is 1.56. The van der Waals surface area contributed by atoms with Crippen molar-refractivity contribution in [3.8, 4) is 16.5 Å². The third-order valence-corrected chi connectivity index (χ3v) is 20.6. The van der Waals surface area contributed by atoms with Gasteiger partial charge in [-0.25, -0.2) is 14.3 Å². The number of aryl methyl sites for hydroxylation is 1. The fraction of sp³-hybridized carbons (Fsp3) is 0.429. The van der Waals surface area contributed by atoms with Crippen molar-refractivity contribution in [1.82, 2.24) is 14.1 Å². The summed E-state index contributed by atoms with van der Waals surface area (Å²) in [6, 6.07) is 27.4. The van der Waals surface area contributed by atoms with E-state index in [4.69, 9.17) is 18.3 Å². The maximum absolute atomic E-state index is 15.5. The first-order valence-electron chi connectivity index (χ1n) is 21.2. The number of oxazole rings is 1. The highest BCUT2D eigenvalue weighted by Crippen LogP contribution is 2.66. The number of methoxy groups -OCH3 is 1. The van der Waals surface area contributed by atoms with Crippen LogP contribution >= 0.6 is 11.3 Å². The van der Waals surface area contributed by atoms with Gasteiger partial charge in [0.15, 0.2) is 0 Å². The van der Waals surface area contributed by atoms with Crippen LogP contribution in [0.25, 0.3) is 21.0 Å². The van der Waals surface area contributed by atoms with E-state index in [-0.39, 0.29) is 23.5 Å². The van der Waals surface area contributed by atoms with Crippen LogP contribution in [0.15, 0.2) is 111 Å². The highest BCUT2D eigenvalue weighted by molar-refractivity contribution is 7.22. The Hall–Kier alpha value is -5.04. The number of carbonyl (C=O) groups is 1. The lowest BCUT2D eigenvalue weighted by Gasteiger charge is -2.43. The van der Waals surface area contributed by atoms with Crippen LogP contribution < -0.4 is 26.4 Å². The van der Waals surface area contributed by atoms with Crippen molar-refractivity contribution in [1.29, 1.82) is 0 Å². The van der Waals surface area contributed by atoms with E-state index in [0.717, 1.165) is 39.8 Å². The van der Waals surface area contributed by atoms with E-state index in [0.29, 0.717) is 38.2 Å². The van der Waals surface area contributed by atoms with Crippen LogP contribution in [0.3, 0.4) is 0 Å². The molecule has 0 N–H and O–H groups in total. The number of para-hydroxylation sites is 1. The normalized spacial score (nSPS) is 20.6. The van der Waals surface area contributed by atoms with Gasteiger partial charge in [0.25, 0.3) is 5.56 Å². The Morgan fingerprint density at radius 2 is 1.57 bits per heavy atom. The molecule has 3 aromatic heterocycles. The average molecular weight is 860 g/mol. The van der Waals surface area contributed by atoms with Crippen LogP contribution in [-0.2, 0) is 26.0 Å². The molecule has 0 saturated heterocycles. The SMILES string of the molecule is COc1ccccc1C(Cn1c(=O)n(C(C)(C)C(=O)O[Si](c2ccccc2)(c2ccccc2)C(C)(C)C)c(=O)c2c(C)c(-c3ncco3)sc21)O[C@H]1C[C@@H]2CC[C@@]1(C)C2(C)C. The lowest BCUT2D eigenvalue weighted by Crippen LogP contribution is -2.69. The highest BCUT2D eigenvalue weighted by Gasteiger charge is 2.62. The summed E-state index contributed by atoms with van der Waals surface area (Å²) < 4.78 is 28.7. The molecule has 3 aromatic carbocycles. The summed E-state index contributed by atoms with van der Waals surface area (Å²) in [6.45, 7) is 18.4. The second kappa shape index (κ2) is 15.4. The zero-order chi connectivity index (χ0) is 43.7. The molecule has 4 atom stereocenters. The predicted octanol–water partition coefficient (Wildman–Crippen LogP) is 9.01. The molecule has 0 spiro atoms. The van der Waals surface area contributed by atoms with Crippen molar-refractivity contribution >= 4 is 46.2 Å². The third-order valence-electron chi connectivity index (χ3n) is 14.4. The Bertz CT molecular complexity index is 2660. The lowest BCUT2D eigenvalue weighted by molar-refractivity contribution is -0.144. The van der Waals surface area contributed by atoms with Crippen molar-refractivity contribution in [3.05, 3.63) is 129 Å². The molecule has 8 rings (SSSR count). The van der Waals surface area contributed by atoms with Gasteiger partial charge in [0.05, 0.1) is 36.2 Å². The van der Waals surface area contributed by atoms with Gasteiger partial charge in [0, 0.05) is 5.56 Å². The molecule has 61 heavy (non-hydrogen) atoms. The first-order chi connectivity index (χ1) is 28.9. The Morgan fingerprint density at radius 3 is 2.11 bits per heavy atom. The van der Waals surface area contributed by atoms with Crippen molar-refractivity contribution in [2.45, 2.75) is 111 Å². The topological polar surface area (TPSA) is 115 Å². The van der Waals surface area contributed by atoms with Gasteiger partial charge in [-0.2, -0.15) is 0 Å². The minimum absolute atomic E-state index is 0.0402. The van der Waals surface area contributed by atoms with E-state index >= 15 is 14.4 Å². The van der Waals surface area contributed by atoms with Gasteiger partial charge in [0.1, 0.15) is 28.5 Å². The van der Waals surface area contributed by atoms with Crippen LogP contribution in [-0.4, -0.2) is 41.6 Å². The largest absolute Gasteiger partial charge is 0.508 e. The van der Waals surface area contributed by atoms with E-state index in [9.17, 15) is 0 Å². The summed E-state index contributed by atoms with van der Waals surface area (Å²) in [5.74, 6) is 0.809. The molecule has 2 aliphatic carbocycles. The number of rotatable bonds is 12. The highest BCUT2D eigenvalue weighted by atomic mass is 32.1. The molecule has 0 aliphatic heterocycles. The minimum atomic E-state index is -3.45. The molecule has 6 aromatic rings. The van der Waals surface area contributed by atoms with Crippen LogP contribution in [0, 0.1) is 23.7 Å². The van der Waals surface area contributed by atoms with E-state index in [2.05, 4.69) is 46.5 Å². The number of hydrogen-bond donors (Lipinski definition) is 0. The van der Waals surface area contributed by atoms with E-state index < -0.39 is 42.2 Å². The second-order valence-electron chi connectivity index (χ2n) is 19.2. The monoisotopic (exact) mass is 859 g/mol. The number of ether oxygens (including phenoxy) is 2. The standard InChI is InChI=1S/C49H57N3O7SSi/c1-31-39-42(53)52(48(7,8)44(54)59-61(46(2,3)4,33-19-13-11-14-20-33)34-21-15-12-16-22-34)45(55)51(43(39)60-40(31)41-50-27-28-57-41)30-37(35-23-17-18-24-36(35)56-10)58-38-29-32-25-26-49(38,9)47(32,5)6/h11-24,27-28,32,37-38H,25-26,29-30H2,1-10H3/t32-,37?,38-,49+/m0/s1. The molecule has 2 fully saturated rings. The van der Waals surface area contributed by atoms with E-state index in [1.807, 2.05) is 91.9 Å². The molecule has 2 bridgehead atoms. The van der Waals surface area contributed by atoms with Gasteiger partial charge < -0.3 is 18.3 Å². The lowest BCUT2D eigenvalue weighted by atomic mass is 9.70. The van der Waals surface area contributed by atoms with Crippen LogP contribution in [0.2, 0.25) is 5.04 Å². The van der Waals surface area contributed by atoms with Crippen LogP contribution in [0.4, 0.5) is 0 Å². The Morgan fingerprint density at radius 1 is 0.951 bits per heavy atom. The Kier molecular flexibility index (Phi) is 10.8. The molecule has 12 heteroatoms. The number of fused-ring (bicyclic) bond motifs is 3. The number of nitrogens with zero attached hydrogens (tertiary/aromatic N) is 3. The average Bonchev–Trinajstić information content (AvgIpc) is 3.98. The van der Waals surface area contributed by atoms with Gasteiger partial charge in [0.2, 0.25) is 5.89 Å². The molecule has 0 amide bonds. The number of thiophene rings is 1. The molecule has 2 saturated carbocycles. The van der Waals surface area contributed by atoms with Gasteiger partial charge >= 0.3 is 20.0 Å². The van der Waals surface area contributed by atoms with Crippen molar-refractivity contribution in [2.24, 2.45) is 16.7 Å². The predicted molar refractivity (Wildman–Crippen MR) is 243 cm³/mol. The fourth-order valence-corrected chi connectivity index (χ4v) is 16.1. The Balaban J connectivity index is 1.32. The quantitative estimate of drug-likeness (QED) is 0.112. The molecule has 3 heterocycles. The third kappa shape index (κ3) is 6.67. The van der Waals surface area contributed by atoms with E-state index in [1.54, 1.807) is 31.7 Å². The zero-order valence-electron chi connectivity index (χ0n) is 36.9.